The lowest BCUT2D eigenvalue weighted by Crippen LogP contribution is -2.38. The molecule has 1 atom stereocenters. The fourth-order valence-electron chi connectivity index (χ4n) is 3.21. The van der Waals surface area contributed by atoms with Gasteiger partial charge in [-0.2, -0.15) is 0 Å². The van der Waals surface area contributed by atoms with E-state index >= 15 is 0 Å². The molecule has 1 aromatic heterocycles. The summed E-state index contributed by atoms with van der Waals surface area (Å²) in [5.41, 5.74) is 1.07. The average molecular weight is 286 g/mol. The number of amides is 1. The average Bonchev–Trinajstić information content (AvgIpc) is 3.02. The molecule has 1 amide bonds. The molecule has 4 heteroatoms. The van der Waals surface area contributed by atoms with E-state index in [0.29, 0.717) is 11.8 Å². The number of hydrogen-bond donors (Lipinski definition) is 0. The first kappa shape index (κ1) is 12.3. The number of likely N-dealkylation sites (tertiary alicyclic amines) is 1. The zero-order chi connectivity index (χ0) is 13.5. The van der Waals surface area contributed by atoms with Gasteiger partial charge in [-0.05, 0) is 37.8 Å². The third-order valence-corrected chi connectivity index (χ3v) is 5.72. The van der Waals surface area contributed by atoms with E-state index in [9.17, 15) is 4.79 Å². The van der Waals surface area contributed by atoms with E-state index in [1.54, 1.807) is 11.3 Å². The molecule has 2 aromatic rings. The maximum absolute atomic E-state index is 12.5. The standard InChI is InChI=1S/C16H18N2OS/c19-16(11-5-3-6-11)18-10-4-8-13(18)15-17-12-7-1-2-9-14(12)20-15/h1-2,7,9,11,13H,3-6,8,10H2. The van der Waals surface area contributed by atoms with E-state index in [1.165, 1.54) is 11.1 Å². The van der Waals surface area contributed by atoms with E-state index in [-0.39, 0.29) is 6.04 Å². The minimum atomic E-state index is 0.223. The van der Waals surface area contributed by atoms with Gasteiger partial charge in [-0.15, -0.1) is 11.3 Å². The van der Waals surface area contributed by atoms with Crippen molar-refractivity contribution in [2.45, 2.75) is 38.1 Å². The van der Waals surface area contributed by atoms with Crippen molar-refractivity contribution in [2.75, 3.05) is 6.54 Å². The maximum Gasteiger partial charge on any atom is 0.226 e. The number of thiazole rings is 1. The minimum Gasteiger partial charge on any atom is -0.333 e. The molecule has 3 nitrogen and oxygen atoms in total. The molecular formula is C16H18N2OS. The summed E-state index contributed by atoms with van der Waals surface area (Å²) in [6, 6.07) is 8.47. The molecule has 1 aromatic carbocycles. The van der Waals surface area contributed by atoms with Crippen molar-refractivity contribution in [3.8, 4) is 0 Å². The van der Waals surface area contributed by atoms with E-state index in [0.717, 1.165) is 42.8 Å². The molecule has 0 radical (unpaired) electrons. The van der Waals surface area contributed by atoms with Crippen LogP contribution in [0.15, 0.2) is 24.3 Å². The smallest absolute Gasteiger partial charge is 0.226 e. The van der Waals surface area contributed by atoms with Gasteiger partial charge in [0.25, 0.3) is 0 Å². The van der Waals surface area contributed by atoms with Crippen molar-refractivity contribution in [3.63, 3.8) is 0 Å². The Balaban J connectivity index is 1.63. The number of nitrogens with zero attached hydrogens (tertiary/aromatic N) is 2. The summed E-state index contributed by atoms with van der Waals surface area (Å²) in [4.78, 5) is 19.4. The van der Waals surface area contributed by atoms with Gasteiger partial charge in [-0.1, -0.05) is 18.6 Å². The van der Waals surface area contributed by atoms with Crippen LogP contribution in [0.3, 0.4) is 0 Å². The fraction of sp³-hybridized carbons (Fsp3) is 0.500. The number of para-hydroxylation sites is 1. The van der Waals surface area contributed by atoms with Gasteiger partial charge >= 0.3 is 0 Å². The summed E-state index contributed by atoms with van der Waals surface area (Å²) in [5, 5.41) is 1.12. The van der Waals surface area contributed by atoms with Crippen LogP contribution in [0, 0.1) is 5.92 Å². The Hall–Kier alpha value is -1.42. The Morgan fingerprint density at radius 2 is 2.05 bits per heavy atom. The van der Waals surface area contributed by atoms with E-state index in [4.69, 9.17) is 4.98 Å². The van der Waals surface area contributed by atoms with Gasteiger partial charge < -0.3 is 4.90 Å². The van der Waals surface area contributed by atoms with Crippen LogP contribution in [0.25, 0.3) is 10.2 Å². The van der Waals surface area contributed by atoms with Crippen molar-refractivity contribution in [1.82, 2.24) is 9.88 Å². The molecule has 20 heavy (non-hydrogen) atoms. The maximum atomic E-state index is 12.5. The van der Waals surface area contributed by atoms with Gasteiger partial charge in [0, 0.05) is 12.5 Å². The second kappa shape index (κ2) is 4.85. The molecule has 2 heterocycles. The fourth-order valence-corrected chi connectivity index (χ4v) is 4.32. The summed E-state index contributed by atoms with van der Waals surface area (Å²) >= 11 is 1.75. The molecule has 1 aliphatic heterocycles. The lowest BCUT2D eigenvalue weighted by Gasteiger charge is -2.32. The van der Waals surface area contributed by atoms with Crippen molar-refractivity contribution < 1.29 is 4.79 Å². The van der Waals surface area contributed by atoms with Crippen LogP contribution in [0.4, 0.5) is 0 Å². The number of benzene rings is 1. The number of aromatic nitrogens is 1. The first-order chi connectivity index (χ1) is 9.83. The van der Waals surface area contributed by atoms with Crippen LogP contribution < -0.4 is 0 Å². The van der Waals surface area contributed by atoms with Gasteiger partial charge in [-0.25, -0.2) is 4.98 Å². The quantitative estimate of drug-likeness (QED) is 0.842. The lowest BCUT2D eigenvalue weighted by molar-refractivity contribution is -0.139. The zero-order valence-corrected chi connectivity index (χ0v) is 12.2. The molecular weight excluding hydrogens is 268 g/mol. The van der Waals surface area contributed by atoms with Crippen LogP contribution in [0.5, 0.6) is 0 Å². The number of rotatable bonds is 2. The highest BCUT2D eigenvalue weighted by Gasteiger charge is 2.37. The van der Waals surface area contributed by atoms with Crippen molar-refractivity contribution in [3.05, 3.63) is 29.3 Å². The Morgan fingerprint density at radius 3 is 2.80 bits per heavy atom. The normalized spacial score (nSPS) is 23.2. The summed E-state index contributed by atoms with van der Waals surface area (Å²) in [7, 11) is 0. The van der Waals surface area contributed by atoms with Crippen LogP contribution in [0.2, 0.25) is 0 Å². The molecule has 104 valence electrons. The molecule has 1 aliphatic carbocycles. The summed E-state index contributed by atoms with van der Waals surface area (Å²) in [6.07, 6.45) is 5.57. The van der Waals surface area contributed by atoms with Gasteiger partial charge in [0.2, 0.25) is 5.91 Å². The first-order valence-electron chi connectivity index (χ1n) is 7.49. The highest BCUT2D eigenvalue weighted by molar-refractivity contribution is 7.18. The molecule has 1 unspecified atom stereocenters. The largest absolute Gasteiger partial charge is 0.333 e. The van der Waals surface area contributed by atoms with Gasteiger partial charge in [-0.3, -0.25) is 4.79 Å². The Kier molecular flexibility index (Phi) is 2.99. The molecule has 0 spiro atoms. The summed E-state index contributed by atoms with van der Waals surface area (Å²) in [6.45, 7) is 0.913. The molecule has 1 saturated carbocycles. The predicted molar refractivity (Wildman–Crippen MR) is 80.6 cm³/mol. The van der Waals surface area contributed by atoms with Crippen LogP contribution >= 0.6 is 11.3 Å². The Morgan fingerprint density at radius 1 is 1.20 bits per heavy atom. The van der Waals surface area contributed by atoms with E-state index in [2.05, 4.69) is 23.1 Å². The molecule has 0 N–H and O–H groups in total. The number of hydrogen-bond acceptors (Lipinski definition) is 3. The van der Waals surface area contributed by atoms with E-state index < -0.39 is 0 Å². The molecule has 0 bridgehead atoms. The monoisotopic (exact) mass is 286 g/mol. The molecule has 1 saturated heterocycles. The predicted octanol–water partition coefficient (Wildman–Crippen LogP) is 3.76. The van der Waals surface area contributed by atoms with Crippen molar-refractivity contribution in [1.29, 1.82) is 0 Å². The second-order valence-corrected chi connectivity index (χ2v) is 6.90. The highest BCUT2D eigenvalue weighted by atomic mass is 32.1. The van der Waals surface area contributed by atoms with Crippen LogP contribution in [-0.2, 0) is 4.79 Å². The molecule has 2 fully saturated rings. The lowest BCUT2D eigenvalue weighted by atomic mass is 9.84. The zero-order valence-electron chi connectivity index (χ0n) is 11.4. The minimum absolute atomic E-state index is 0.223. The SMILES string of the molecule is O=C(C1CCC1)N1CCCC1c1nc2ccccc2s1. The Labute approximate surface area is 122 Å². The highest BCUT2D eigenvalue weighted by Crippen LogP contribution is 2.39. The van der Waals surface area contributed by atoms with E-state index in [1.807, 2.05) is 6.07 Å². The van der Waals surface area contributed by atoms with Crippen molar-refractivity contribution in [2.24, 2.45) is 5.92 Å². The Bertz CT molecular complexity index is 614. The second-order valence-electron chi connectivity index (χ2n) is 5.84. The van der Waals surface area contributed by atoms with Gasteiger partial charge in [0.05, 0.1) is 16.3 Å². The molecule has 2 aliphatic rings. The van der Waals surface area contributed by atoms with Gasteiger partial charge in [0.1, 0.15) is 5.01 Å². The van der Waals surface area contributed by atoms with Gasteiger partial charge in [0.15, 0.2) is 0 Å². The van der Waals surface area contributed by atoms with Crippen LogP contribution in [0.1, 0.15) is 43.2 Å². The summed E-state index contributed by atoms with van der Waals surface area (Å²) < 4.78 is 1.23. The number of carbonyl (C=O) groups excluding carboxylic acids is 1. The number of fused-ring (bicyclic) bond motifs is 1. The first-order valence-corrected chi connectivity index (χ1v) is 8.30. The number of carbonyl (C=O) groups is 1. The topological polar surface area (TPSA) is 33.2 Å². The third kappa shape index (κ3) is 1.94. The molecule has 4 rings (SSSR count). The third-order valence-electron chi connectivity index (χ3n) is 4.59. The van der Waals surface area contributed by atoms with Crippen molar-refractivity contribution >= 4 is 27.5 Å². The van der Waals surface area contributed by atoms with Crippen LogP contribution in [-0.4, -0.2) is 22.3 Å². The summed E-state index contributed by atoms with van der Waals surface area (Å²) in [5.74, 6) is 0.669.